The molecule has 0 amide bonds. The van der Waals surface area contributed by atoms with Crippen molar-refractivity contribution in [2.75, 3.05) is 5.32 Å². The molecule has 2 aromatic carbocycles. The molecular formula is C20H18ClNO4. The zero-order chi connectivity index (χ0) is 18.8. The zero-order valence-electron chi connectivity index (χ0n) is 14.6. The minimum atomic E-state index is -1.22. The van der Waals surface area contributed by atoms with Crippen LogP contribution in [0.2, 0.25) is 0 Å². The fourth-order valence-corrected chi connectivity index (χ4v) is 2.86. The van der Waals surface area contributed by atoms with E-state index in [-0.39, 0.29) is 10.7 Å². The van der Waals surface area contributed by atoms with Crippen LogP contribution in [0.15, 0.2) is 53.2 Å². The lowest BCUT2D eigenvalue weighted by Crippen LogP contribution is -2.24. The van der Waals surface area contributed by atoms with Gasteiger partial charge in [0.2, 0.25) is 0 Å². The number of aryl methyl sites for hydroxylation is 3. The second-order valence-electron chi connectivity index (χ2n) is 6.13. The lowest BCUT2D eigenvalue weighted by Gasteiger charge is -2.18. The fourth-order valence-electron chi connectivity index (χ4n) is 2.68. The minimum absolute atomic E-state index is 0.132. The summed E-state index contributed by atoms with van der Waals surface area (Å²) < 4.78 is 10.5. The van der Waals surface area contributed by atoms with E-state index in [1.165, 1.54) is 0 Å². The van der Waals surface area contributed by atoms with E-state index in [9.17, 15) is 9.59 Å². The summed E-state index contributed by atoms with van der Waals surface area (Å²) >= 11 is 6.07. The number of ether oxygens (including phenoxy) is 2. The molecule has 2 aromatic rings. The molecule has 0 radical (unpaired) electrons. The van der Waals surface area contributed by atoms with E-state index in [0.29, 0.717) is 5.56 Å². The first-order chi connectivity index (χ1) is 12.4. The second kappa shape index (κ2) is 7.22. The Labute approximate surface area is 156 Å². The van der Waals surface area contributed by atoms with Gasteiger partial charge in [0.15, 0.2) is 5.03 Å². The number of nitrogens with one attached hydrogen (secondary N) is 1. The van der Waals surface area contributed by atoms with E-state index in [0.717, 1.165) is 22.4 Å². The van der Waals surface area contributed by atoms with Crippen LogP contribution in [0.5, 0.6) is 0 Å². The van der Waals surface area contributed by atoms with Crippen molar-refractivity contribution in [1.82, 2.24) is 0 Å². The van der Waals surface area contributed by atoms with Gasteiger partial charge in [0, 0.05) is 5.69 Å². The van der Waals surface area contributed by atoms with Crippen LogP contribution < -0.4 is 5.32 Å². The van der Waals surface area contributed by atoms with Crippen molar-refractivity contribution >= 4 is 29.2 Å². The molecule has 0 fully saturated rings. The maximum absolute atomic E-state index is 12.4. The van der Waals surface area contributed by atoms with Crippen LogP contribution >= 0.6 is 11.6 Å². The van der Waals surface area contributed by atoms with Gasteiger partial charge in [0.25, 0.3) is 6.29 Å². The van der Waals surface area contributed by atoms with Crippen molar-refractivity contribution < 1.29 is 19.1 Å². The smallest absolute Gasteiger partial charge is 0.355 e. The molecule has 1 atom stereocenters. The number of rotatable bonds is 4. The van der Waals surface area contributed by atoms with Gasteiger partial charge in [-0.25, -0.2) is 9.59 Å². The predicted molar refractivity (Wildman–Crippen MR) is 98.9 cm³/mol. The standard InChI is InChI=1S/C20H18ClNO4/c1-11-8-9-15(13(3)10-11)22-17-16(21)19(24)26-20(17)25-18(23)14-7-5-4-6-12(14)2/h4-10,20,22H,1-3H3/t20-/m0/s1. The molecule has 1 heterocycles. The number of hydrogen-bond acceptors (Lipinski definition) is 5. The molecule has 6 heteroatoms. The Hall–Kier alpha value is -2.79. The average Bonchev–Trinajstić information content (AvgIpc) is 2.85. The molecule has 0 unspecified atom stereocenters. The van der Waals surface area contributed by atoms with Gasteiger partial charge in [-0.15, -0.1) is 0 Å². The number of carbonyl (C=O) groups excluding carboxylic acids is 2. The molecular weight excluding hydrogens is 354 g/mol. The largest absolute Gasteiger partial charge is 0.415 e. The normalized spacial score (nSPS) is 16.5. The van der Waals surface area contributed by atoms with Gasteiger partial charge in [-0.1, -0.05) is 47.5 Å². The number of benzene rings is 2. The minimum Gasteiger partial charge on any atom is -0.415 e. The Bertz CT molecular complexity index is 920. The molecule has 26 heavy (non-hydrogen) atoms. The Morgan fingerprint density at radius 2 is 1.85 bits per heavy atom. The highest BCUT2D eigenvalue weighted by Gasteiger charge is 2.37. The topological polar surface area (TPSA) is 64.6 Å². The van der Waals surface area contributed by atoms with E-state index in [1.54, 1.807) is 25.1 Å². The Morgan fingerprint density at radius 3 is 2.54 bits per heavy atom. The first-order valence-corrected chi connectivity index (χ1v) is 8.46. The third kappa shape index (κ3) is 3.58. The number of anilines is 1. The molecule has 1 aliphatic heterocycles. The lowest BCUT2D eigenvalue weighted by molar-refractivity contribution is -0.152. The van der Waals surface area contributed by atoms with E-state index in [2.05, 4.69) is 5.32 Å². The van der Waals surface area contributed by atoms with Gasteiger partial charge in [-0.3, -0.25) is 0 Å². The summed E-state index contributed by atoms with van der Waals surface area (Å²) in [6.45, 7) is 5.71. The average molecular weight is 372 g/mol. The summed E-state index contributed by atoms with van der Waals surface area (Å²) in [5, 5.41) is 2.93. The molecule has 0 aromatic heterocycles. The maximum Gasteiger partial charge on any atom is 0.355 e. The molecule has 5 nitrogen and oxygen atoms in total. The van der Waals surface area contributed by atoms with Crippen molar-refractivity contribution in [1.29, 1.82) is 0 Å². The zero-order valence-corrected chi connectivity index (χ0v) is 15.4. The molecule has 134 valence electrons. The van der Waals surface area contributed by atoms with Gasteiger partial charge in [0.1, 0.15) is 5.70 Å². The van der Waals surface area contributed by atoms with Crippen LogP contribution in [0.4, 0.5) is 5.69 Å². The molecule has 0 spiro atoms. The van der Waals surface area contributed by atoms with Crippen LogP contribution in [0.1, 0.15) is 27.0 Å². The number of esters is 2. The molecule has 3 rings (SSSR count). The van der Waals surface area contributed by atoms with Crippen molar-refractivity contribution in [2.45, 2.75) is 27.1 Å². The summed E-state index contributed by atoms with van der Waals surface area (Å²) in [5.74, 6) is -1.33. The number of halogens is 1. The molecule has 0 aliphatic carbocycles. The van der Waals surface area contributed by atoms with E-state index in [1.807, 2.05) is 38.1 Å². The highest BCUT2D eigenvalue weighted by Crippen LogP contribution is 2.30. The molecule has 0 saturated carbocycles. The summed E-state index contributed by atoms with van der Waals surface area (Å²) in [6.07, 6.45) is -1.22. The van der Waals surface area contributed by atoms with Crippen LogP contribution in [0, 0.1) is 20.8 Å². The van der Waals surface area contributed by atoms with Crippen molar-refractivity contribution in [3.63, 3.8) is 0 Å². The van der Waals surface area contributed by atoms with Crippen LogP contribution in [-0.2, 0) is 14.3 Å². The van der Waals surface area contributed by atoms with E-state index < -0.39 is 18.2 Å². The van der Waals surface area contributed by atoms with Gasteiger partial charge < -0.3 is 14.8 Å². The lowest BCUT2D eigenvalue weighted by atomic mass is 10.1. The molecule has 0 bridgehead atoms. The van der Waals surface area contributed by atoms with Crippen molar-refractivity contribution in [3.05, 3.63) is 75.4 Å². The summed E-state index contributed by atoms with van der Waals surface area (Å²) in [7, 11) is 0. The van der Waals surface area contributed by atoms with E-state index in [4.69, 9.17) is 21.1 Å². The quantitative estimate of drug-likeness (QED) is 0.815. The van der Waals surface area contributed by atoms with Gasteiger partial charge in [0.05, 0.1) is 5.56 Å². The first kappa shape index (κ1) is 18.0. The third-order valence-electron chi connectivity index (χ3n) is 4.10. The van der Waals surface area contributed by atoms with Gasteiger partial charge in [-0.05, 0) is 44.0 Å². The molecule has 1 aliphatic rings. The number of carbonyl (C=O) groups is 2. The predicted octanol–water partition coefficient (Wildman–Crippen LogP) is 4.21. The van der Waals surface area contributed by atoms with Gasteiger partial charge >= 0.3 is 11.9 Å². The van der Waals surface area contributed by atoms with Gasteiger partial charge in [-0.2, -0.15) is 0 Å². The molecule has 1 N–H and O–H groups in total. The number of cyclic esters (lactones) is 1. The van der Waals surface area contributed by atoms with Crippen LogP contribution in [-0.4, -0.2) is 18.2 Å². The summed E-state index contributed by atoms with van der Waals surface area (Å²) in [6, 6.07) is 12.8. The van der Waals surface area contributed by atoms with E-state index >= 15 is 0 Å². The highest BCUT2D eigenvalue weighted by atomic mass is 35.5. The highest BCUT2D eigenvalue weighted by molar-refractivity contribution is 6.42. The Morgan fingerprint density at radius 1 is 1.12 bits per heavy atom. The van der Waals surface area contributed by atoms with Crippen LogP contribution in [0.3, 0.4) is 0 Å². The maximum atomic E-state index is 12.4. The third-order valence-corrected chi connectivity index (χ3v) is 4.45. The molecule has 0 saturated heterocycles. The monoisotopic (exact) mass is 371 g/mol. The summed E-state index contributed by atoms with van der Waals surface area (Å²) in [4.78, 5) is 24.3. The first-order valence-electron chi connectivity index (χ1n) is 8.08. The SMILES string of the molecule is Cc1ccc(NC2=C(Cl)C(=O)O[C@@H]2OC(=O)c2ccccc2C)c(C)c1. The number of hydrogen-bond donors (Lipinski definition) is 1. The summed E-state index contributed by atoms with van der Waals surface area (Å²) in [5.41, 5.74) is 4.20. The second-order valence-corrected chi connectivity index (χ2v) is 6.51. The van der Waals surface area contributed by atoms with Crippen molar-refractivity contribution in [3.8, 4) is 0 Å². The fraction of sp³-hybridized carbons (Fsp3) is 0.200. The Kier molecular flexibility index (Phi) is 5.00. The Balaban J connectivity index is 1.84. The van der Waals surface area contributed by atoms with Crippen molar-refractivity contribution in [2.24, 2.45) is 0 Å². The van der Waals surface area contributed by atoms with Crippen LogP contribution in [0.25, 0.3) is 0 Å².